The number of benzene rings is 3. The van der Waals surface area contributed by atoms with E-state index in [1.54, 1.807) is 37.3 Å². The molecule has 3 aromatic rings. The maximum absolute atomic E-state index is 14.0. The number of methoxy groups -OCH3 is 3. The molecule has 0 aliphatic carbocycles. The van der Waals surface area contributed by atoms with Crippen LogP contribution in [-0.4, -0.2) is 61.3 Å². The standard InChI is InChI=1S/C30H34N2O7S/c1-7-16-31(19-21(2)17-29(33)38-5)26-13-14-27(25-11-9-8-10-24(25)26)32(20-30(34)39-6)40(35,36)23-12-15-28(37-4)22(3)18-23/h1,8-15,18,21H,16-17,19-20H2,2-6H3/t21-/m0/s1. The number of terminal acetylenes is 1. The van der Waals surface area contributed by atoms with Gasteiger partial charge in [-0.15, -0.1) is 6.42 Å². The second kappa shape index (κ2) is 13.2. The summed E-state index contributed by atoms with van der Waals surface area (Å²) >= 11 is 0. The molecule has 0 unspecified atom stereocenters. The summed E-state index contributed by atoms with van der Waals surface area (Å²) in [7, 11) is -0.133. The van der Waals surface area contributed by atoms with Crippen molar-refractivity contribution in [2.24, 2.45) is 5.92 Å². The Morgan fingerprint density at radius 2 is 1.57 bits per heavy atom. The lowest BCUT2D eigenvalue weighted by Gasteiger charge is -2.29. The second-order valence-electron chi connectivity index (χ2n) is 9.34. The molecule has 1 atom stereocenters. The van der Waals surface area contributed by atoms with Crippen molar-refractivity contribution in [1.82, 2.24) is 0 Å². The zero-order valence-corrected chi connectivity index (χ0v) is 24.2. The molecule has 212 valence electrons. The van der Waals surface area contributed by atoms with E-state index in [9.17, 15) is 18.0 Å². The molecule has 0 bridgehead atoms. The number of carbonyl (C=O) groups is 2. The number of sulfonamides is 1. The number of ether oxygens (including phenoxy) is 3. The molecule has 3 aromatic carbocycles. The van der Waals surface area contributed by atoms with Gasteiger partial charge < -0.3 is 19.1 Å². The molecule has 0 aliphatic rings. The smallest absolute Gasteiger partial charge is 0.326 e. The molecule has 0 N–H and O–H groups in total. The average molecular weight is 567 g/mol. The first-order valence-corrected chi connectivity index (χ1v) is 14.0. The average Bonchev–Trinajstić information content (AvgIpc) is 2.94. The van der Waals surface area contributed by atoms with Gasteiger partial charge in [-0.3, -0.25) is 13.9 Å². The van der Waals surface area contributed by atoms with Crippen molar-refractivity contribution < 1.29 is 32.2 Å². The van der Waals surface area contributed by atoms with Gasteiger partial charge in [-0.25, -0.2) is 8.42 Å². The molecule has 10 heteroatoms. The van der Waals surface area contributed by atoms with Crippen molar-refractivity contribution in [1.29, 1.82) is 0 Å². The Bertz CT molecular complexity index is 1530. The highest BCUT2D eigenvalue weighted by Gasteiger charge is 2.30. The van der Waals surface area contributed by atoms with E-state index in [0.29, 0.717) is 28.9 Å². The minimum absolute atomic E-state index is 0.00783. The number of nitrogens with zero attached hydrogens (tertiary/aromatic N) is 2. The number of rotatable bonds is 12. The normalized spacial score (nSPS) is 11.8. The van der Waals surface area contributed by atoms with Crippen LogP contribution in [0.2, 0.25) is 0 Å². The van der Waals surface area contributed by atoms with E-state index >= 15 is 0 Å². The number of hydrogen-bond donors (Lipinski definition) is 0. The van der Waals surface area contributed by atoms with E-state index in [1.165, 1.54) is 33.5 Å². The fraction of sp³-hybridized carbons (Fsp3) is 0.333. The van der Waals surface area contributed by atoms with Crippen LogP contribution in [0.15, 0.2) is 59.5 Å². The summed E-state index contributed by atoms with van der Waals surface area (Å²) in [5, 5.41) is 1.33. The van der Waals surface area contributed by atoms with E-state index in [-0.39, 0.29) is 29.7 Å². The lowest BCUT2D eigenvalue weighted by molar-refractivity contribution is -0.141. The SMILES string of the molecule is C#CCN(C[C@@H](C)CC(=O)OC)c1ccc(N(CC(=O)OC)S(=O)(=O)c2ccc(OC)c(C)c2)c2ccccc12. The molecule has 0 aliphatic heterocycles. The molecular weight excluding hydrogens is 532 g/mol. The van der Waals surface area contributed by atoms with Gasteiger partial charge in [-0.05, 0) is 48.7 Å². The first-order chi connectivity index (χ1) is 19.1. The molecule has 40 heavy (non-hydrogen) atoms. The van der Waals surface area contributed by atoms with Crippen LogP contribution in [0.1, 0.15) is 18.9 Å². The summed E-state index contributed by atoms with van der Waals surface area (Å²) in [6.07, 6.45) is 5.91. The van der Waals surface area contributed by atoms with Crippen LogP contribution in [0, 0.1) is 25.2 Å². The van der Waals surface area contributed by atoms with Crippen molar-refractivity contribution in [3.8, 4) is 18.1 Å². The Morgan fingerprint density at radius 1 is 0.950 bits per heavy atom. The van der Waals surface area contributed by atoms with Crippen molar-refractivity contribution >= 4 is 44.1 Å². The summed E-state index contributed by atoms with van der Waals surface area (Å²) in [6.45, 7) is 3.88. The fourth-order valence-electron chi connectivity index (χ4n) is 4.55. The van der Waals surface area contributed by atoms with Crippen molar-refractivity contribution in [3.63, 3.8) is 0 Å². The number of anilines is 2. The quantitative estimate of drug-likeness (QED) is 0.238. The van der Waals surface area contributed by atoms with Gasteiger partial charge >= 0.3 is 11.9 Å². The number of aryl methyl sites for hydroxylation is 1. The van der Waals surface area contributed by atoms with Gasteiger partial charge in [0.05, 0.1) is 38.5 Å². The van der Waals surface area contributed by atoms with Crippen molar-refractivity contribution in [2.75, 3.05) is 50.2 Å². The van der Waals surface area contributed by atoms with Crippen molar-refractivity contribution in [3.05, 3.63) is 60.2 Å². The minimum Gasteiger partial charge on any atom is -0.496 e. The molecule has 0 saturated heterocycles. The Kier molecular flexibility index (Phi) is 10.0. The van der Waals surface area contributed by atoms with Crippen LogP contribution in [-0.2, 0) is 29.1 Å². The van der Waals surface area contributed by atoms with Crippen LogP contribution in [0.25, 0.3) is 10.8 Å². The summed E-state index contributed by atoms with van der Waals surface area (Å²) in [6, 6.07) is 15.2. The zero-order chi connectivity index (χ0) is 29.4. The third-order valence-corrected chi connectivity index (χ3v) is 8.25. The van der Waals surface area contributed by atoms with Crippen LogP contribution in [0.4, 0.5) is 11.4 Å². The molecule has 0 fully saturated rings. The minimum atomic E-state index is -4.20. The van der Waals surface area contributed by atoms with Crippen LogP contribution in [0.3, 0.4) is 0 Å². The summed E-state index contributed by atoms with van der Waals surface area (Å²) in [4.78, 5) is 26.2. The maximum atomic E-state index is 14.0. The molecule has 0 amide bonds. The zero-order valence-electron chi connectivity index (χ0n) is 23.3. The second-order valence-corrected chi connectivity index (χ2v) is 11.2. The Labute approximate surface area is 235 Å². The third kappa shape index (κ3) is 6.66. The molecule has 3 rings (SSSR count). The van der Waals surface area contributed by atoms with Gasteiger partial charge in [-0.2, -0.15) is 0 Å². The molecule has 0 heterocycles. The summed E-state index contributed by atoms with van der Waals surface area (Å²) in [5.41, 5.74) is 1.71. The predicted octanol–water partition coefficient (Wildman–Crippen LogP) is 4.16. The van der Waals surface area contributed by atoms with Gasteiger partial charge in [0.15, 0.2) is 0 Å². The van der Waals surface area contributed by atoms with Gasteiger partial charge in [0.1, 0.15) is 12.3 Å². The van der Waals surface area contributed by atoms with E-state index in [2.05, 4.69) is 5.92 Å². The Morgan fingerprint density at radius 3 is 2.15 bits per heavy atom. The third-order valence-electron chi connectivity index (χ3n) is 6.50. The van der Waals surface area contributed by atoms with E-state index in [4.69, 9.17) is 20.6 Å². The van der Waals surface area contributed by atoms with Crippen LogP contribution < -0.4 is 13.9 Å². The highest BCUT2D eigenvalue weighted by Crippen LogP contribution is 2.37. The topological polar surface area (TPSA) is 102 Å². The van der Waals surface area contributed by atoms with E-state index in [1.807, 2.05) is 24.0 Å². The number of carbonyl (C=O) groups excluding carboxylic acids is 2. The molecule has 0 radical (unpaired) electrons. The van der Waals surface area contributed by atoms with Gasteiger partial charge in [0.25, 0.3) is 10.0 Å². The molecule has 0 aromatic heterocycles. The van der Waals surface area contributed by atoms with Gasteiger partial charge in [0, 0.05) is 29.4 Å². The van der Waals surface area contributed by atoms with Crippen molar-refractivity contribution in [2.45, 2.75) is 25.2 Å². The first-order valence-electron chi connectivity index (χ1n) is 12.6. The first kappa shape index (κ1) is 30.3. The summed E-state index contributed by atoms with van der Waals surface area (Å²) < 4.78 is 43.9. The molecule has 0 spiro atoms. The predicted molar refractivity (Wildman–Crippen MR) is 155 cm³/mol. The van der Waals surface area contributed by atoms with E-state index in [0.717, 1.165) is 15.4 Å². The lowest BCUT2D eigenvalue weighted by Crippen LogP contribution is -2.36. The highest BCUT2D eigenvalue weighted by atomic mass is 32.2. The van der Waals surface area contributed by atoms with Gasteiger partial charge in [0.2, 0.25) is 0 Å². The highest BCUT2D eigenvalue weighted by molar-refractivity contribution is 7.92. The number of hydrogen-bond acceptors (Lipinski definition) is 8. The molecule has 0 saturated carbocycles. The monoisotopic (exact) mass is 566 g/mol. The lowest BCUT2D eigenvalue weighted by atomic mass is 10.0. The number of fused-ring (bicyclic) bond motifs is 1. The van der Waals surface area contributed by atoms with E-state index < -0.39 is 22.5 Å². The fourth-order valence-corrected chi connectivity index (χ4v) is 6.06. The van der Waals surface area contributed by atoms with Gasteiger partial charge in [-0.1, -0.05) is 37.1 Å². The number of esters is 2. The van der Waals surface area contributed by atoms with Crippen LogP contribution in [0.5, 0.6) is 5.75 Å². The largest absolute Gasteiger partial charge is 0.496 e. The molecular formula is C30H34N2O7S. The molecule has 9 nitrogen and oxygen atoms in total. The summed E-state index contributed by atoms with van der Waals surface area (Å²) in [5.74, 6) is 2.12. The Hall–Kier alpha value is -4.23. The maximum Gasteiger partial charge on any atom is 0.326 e. The van der Waals surface area contributed by atoms with Crippen LogP contribution >= 0.6 is 0 Å². The Balaban J connectivity index is 2.17.